The zero-order valence-electron chi connectivity index (χ0n) is 34.0. The van der Waals surface area contributed by atoms with Gasteiger partial charge in [0.15, 0.2) is 5.78 Å². The molecule has 1 aromatic heterocycles. The van der Waals surface area contributed by atoms with Crippen LogP contribution in [0.2, 0.25) is 0 Å². The normalized spacial score (nSPS) is 30.6. The van der Waals surface area contributed by atoms with Gasteiger partial charge in [-0.15, -0.1) is 0 Å². The second-order valence-electron chi connectivity index (χ2n) is 17.5. The van der Waals surface area contributed by atoms with Gasteiger partial charge in [-0.1, -0.05) is 25.0 Å². The average Bonchev–Trinajstić information content (AvgIpc) is 3.74. The number of esters is 2. The molecule has 3 fully saturated rings. The summed E-state index contributed by atoms with van der Waals surface area (Å²) in [4.78, 5) is 65.9. The molecule has 6 atom stereocenters. The monoisotopic (exact) mass is 773 g/mol. The van der Waals surface area contributed by atoms with Crippen molar-refractivity contribution < 1.29 is 42.9 Å². The number of Topliss-reactive ketones (excluding diaryl/α,β-unsaturated/α-hetero) is 1. The molecule has 12 nitrogen and oxygen atoms in total. The summed E-state index contributed by atoms with van der Waals surface area (Å²) in [5.74, 6) is -0.611. The lowest BCUT2D eigenvalue weighted by molar-refractivity contribution is -0.159. The predicted molar refractivity (Wildman–Crippen MR) is 209 cm³/mol. The van der Waals surface area contributed by atoms with Crippen LogP contribution < -0.4 is 9.47 Å². The van der Waals surface area contributed by atoms with Gasteiger partial charge in [-0.2, -0.15) is 0 Å². The van der Waals surface area contributed by atoms with Crippen LogP contribution in [0.5, 0.6) is 11.5 Å². The molecular formula is C44H59N3O9. The molecule has 2 aromatic rings. The number of hydrogen-bond donors (Lipinski definition) is 0. The molecule has 1 saturated carbocycles. The Labute approximate surface area is 330 Å². The van der Waals surface area contributed by atoms with E-state index in [0.717, 1.165) is 47.8 Å². The lowest BCUT2D eigenvalue weighted by Gasteiger charge is -2.45. The SMILES string of the molecule is CCOC(=O)[C@]12CC(=O)[C@@H]3C[C@]4(CC(N5CCOCC5)c5c(c(C)nc6ccc(OC)cc56)O4)CN3C(=O)[C@@H](CC(=O)OC(C)(C)C)CCCCC/C=C\[C@@H]1C2. The van der Waals surface area contributed by atoms with Gasteiger partial charge in [-0.05, 0) is 84.4 Å². The second-order valence-corrected chi connectivity index (χ2v) is 17.5. The van der Waals surface area contributed by atoms with Gasteiger partial charge in [0.2, 0.25) is 5.91 Å². The van der Waals surface area contributed by atoms with Gasteiger partial charge in [0, 0.05) is 55.3 Å². The number of rotatable bonds is 6. The van der Waals surface area contributed by atoms with Crippen molar-refractivity contribution in [2.75, 3.05) is 46.6 Å². The molecule has 1 aliphatic carbocycles. The van der Waals surface area contributed by atoms with Crippen LogP contribution in [-0.4, -0.2) is 102 Å². The molecule has 0 N–H and O–H groups in total. The summed E-state index contributed by atoms with van der Waals surface area (Å²) in [6, 6.07) is 4.91. The van der Waals surface area contributed by atoms with Gasteiger partial charge in [-0.3, -0.25) is 24.1 Å². The Morgan fingerprint density at radius 1 is 1.04 bits per heavy atom. The van der Waals surface area contributed by atoms with Crippen molar-refractivity contribution in [1.29, 1.82) is 0 Å². The van der Waals surface area contributed by atoms with Crippen molar-refractivity contribution in [3.63, 3.8) is 0 Å². The number of allylic oxidation sites excluding steroid dienone is 2. The molecule has 12 heteroatoms. The Hall–Kier alpha value is -4.03. The van der Waals surface area contributed by atoms with Crippen molar-refractivity contribution in [2.24, 2.45) is 17.3 Å². The Morgan fingerprint density at radius 2 is 1.80 bits per heavy atom. The fourth-order valence-corrected chi connectivity index (χ4v) is 9.59. The minimum atomic E-state index is -0.959. The van der Waals surface area contributed by atoms with E-state index >= 15 is 4.79 Å². The summed E-state index contributed by atoms with van der Waals surface area (Å²) >= 11 is 0. The Kier molecular flexibility index (Phi) is 11.5. The number of benzene rings is 1. The van der Waals surface area contributed by atoms with Crippen molar-refractivity contribution in [1.82, 2.24) is 14.8 Å². The number of ketones is 1. The van der Waals surface area contributed by atoms with E-state index in [0.29, 0.717) is 57.1 Å². The van der Waals surface area contributed by atoms with E-state index in [1.54, 1.807) is 18.9 Å². The number of nitrogens with zero attached hydrogens (tertiary/aromatic N) is 3. The first kappa shape index (κ1) is 40.2. The average molecular weight is 774 g/mol. The van der Waals surface area contributed by atoms with Gasteiger partial charge in [0.05, 0.1) is 62.6 Å². The third-order valence-corrected chi connectivity index (χ3v) is 12.4. The quantitative estimate of drug-likeness (QED) is 0.237. The molecular weight excluding hydrogens is 714 g/mol. The van der Waals surface area contributed by atoms with Crippen LogP contribution in [0.3, 0.4) is 0 Å². The number of amides is 1. The number of ether oxygens (including phenoxy) is 5. The van der Waals surface area contributed by atoms with E-state index in [4.69, 9.17) is 28.7 Å². The lowest BCUT2D eigenvalue weighted by atomic mass is 9.81. The van der Waals surface area contributed by atoms with Gasteiger partial charge in [-0.25, -0.2) is 4.98 Å². The predicted octanol–water partition coefficient (Wildman–Crippen LogP) is 6.44. The summed E-state index contributed by atoms with van der Waals surface area (Å²) in [6.45, 7) is 12.2. The first-order valence-corrected chi connectivity index (χ1v) is 20.6. The summed E-state index contributed by atoms with van der Waals surface area (Å²) in [5, 5.41) is 0.943. The van der Waals surface area contributed by atoms with E-state index in [1.165, 1.54) is 0 Å². The van der Waals surface area contributed by atoms with Crippen molar-refractivity contribution in [2.45, 2.75) is 122 Å². The molecule has 304 valence electrons. The smallest absolute Gasteiger partial charge is 0.313 e. The molecule has 1 aromatic carbocycles. The van der Waals surface area contributed by atoms with Crippen LogP contribution in [0.1, 0.15) is 109 Å². The minimum absolute atomic E-state index is 0.0312. The maximum Gasteiger partial charge on any atom is 0.313 e. The number of pyridine rings is 1. The number of morpholine rings is 1. The van der Waals surface area contributed by atoms with Crippen LogP contribution in [0.25, 0.3) is 10.9 Å². The molecule has 2 saturated heterocycles. The molecule has 1 amide bonds. The second kappa shape index (κ2) is 16.1. The maximum atomic E-state index is 15.0. The third kappa shape index (κ3) is 8.19. The van der Waals surface area contributed by atoms with E-state index in [2.05, 4.69) is 17.1 Å². The van der Waals surface area contributed by atoms with E-state index in [-0.39, 0.29) is 62.0 Å². The first-order chi connectivity index (χ1) is 26.8. The van der Waals surface area contributed by atoms with E-state index in [9.17, 15) is 14.4 Å². The molecule has 0 bridgehead atoms. The topological polar surface area (TPSA) is 134 Å². The van der Waals surface area contributed by atoms with Crippen molar-refractivity contribution >= 4 is 34.5 Å². The largest absolute Gasteiger partial charge is 0.497 e. The maximum absolute atomic E-state index is 15.0. The van der Waals surface area contributed by atoms with E-state index < -0.39 is 34.5 Å². The van der Waals surface area contributed by atoms with Crippen LogP contribution in [-0.2, 0) is 33.4 Å². The van der Waals surface area contributed by atoms with Crippen LogP contribution in [0.4, 0.5) is 0 Å². The molecule has 1 spiro atoms. The molecule has 56 heavy (non-hydrogen) atoms. The number of carbonyl (C=O) groups is 4. The van der Waals surface area contributed by atoms with Gasteiger partial charge in [0.1, 0.15) is 22.7 Å². The number of carbonyl (C=O) groups excluding carboxylic acids is 4. The number of methoxy groups -OCH3 is 1. The third-order valence-electron chi connectivity index (χ3n) is 12.4. The highest BCUT2D eigenvalue weighted by Crippen LogP contribution is 2.58. The van der Waals surface area contributed by atoms with Crippen LogP contribution in [0.15, 0.2) is 30.4 Å². The summed E-state index contributed by atoms with van der Waals surface area (Å²) in [5.41, 5.74) is -0.00733. The fourth-order valence-electron chi connectivity index (χ4n) is 9.59. The van der Waals surface area contributed by atoms with Gasteiger partial charge in [0.25, 0.3) is 0 Å². The number of hydrogen-bond acceptors (Lipinski definition) is 11. The van der Waals surface area contributed by atoms with E-state index in [1.807, 2.05) is 45.9 Å². The Morgan fingerprint density at radius 3 is 2.54 bits per heavy atom. The number of aromatic nitrogens is 1. The Bertz CT molecular complexity index is 1870. The highest BCUT2D eigenvalue weighted by Gasteiger charge is 2.63. The standard InChI is InChI=1S/C44H59N3O9/c1-7-54-41(51)44-23-30(44)14-12-10-8-9-11-13-29(21-37(49)55-42(3,4)5)40(50)47-27-43(24-34(47)36(48)26-44)25-35(46-17-19-53-20-18-46)38-32-22-31(52-6)15-16-33(32)45-28(2)39(38)56-43/h12,14-16,22,29-30,34-35H,7-11,13,17-21,23-27H2,1-6H3/b14-12-/t29-,30-,34+,35?,43+,44-/m1/s1. The molecule has 5 aliphatic rings. The first-order valence-electron chi connectivity index (χ1n) is 20.6. The van der Waals surface area contributed by atoms with Crippen molar-refractivity contribution in [3.8, 4) is 11.5 Å². The Balaban J connectivity index is 1.30. The number of aryl methyl sites for hydroxylation is 1. The van der Waals surface area contributed by atoms with Crippen LogP contribution in [0, 0.1) is 24.2 Å². The van der Waals surface area contributed by atoms with Gasteiger partial charge < -0.3 is 28.6 Å². The molecule has 0 radical (unpaired) electrons. The van der Waals surface area contributed by atoms with Gasteiger partial charge >= 0.3 is 11.9 Å². The van der Waals surface area contributed by atoms with Crippen molar-refractivity contribution in [3.05, 3.63) is 41.6 Å². The summed E-state index contributed by atoms with van der Waals surface area (Å²) in [7, 11) is 1.65. The zero-order chi connectivity index (χ0) is 39.8. The molecule has 7 rings (SSSR count). The van der Waals surface area contributed by atoms with Crippen LogP contribution >= 0.6 is 0 Å². The molecule has 5 heterocycles. The lowest BCUT2D eigenvalue weighted by Crippen LogP contribution is -2.50. The zero-order valence-corrected chi connectivity index (χ0v) is 34.0. The minimum Gasteiger partial charge on any atom is -0.497 e. The number of fused-ring (bicyclic) bond motifs is 5. The summed E-state index contributed by atoms with van der Waals surface area (Å²) in [6.07, 6.45) is 9.29. The highest BCUT2D eigenvalue weighted by molar-refractivity contribution is 5.96. The fraction of sp³-hybridized carbons (Fsp3) is 0.659. The molecule has 1 unspecified atom stereocenters. The molecule has 4 aliphatic heterocycles. The summed E-state index contributed by atoms with van der Waals surface area (Å²) < 4.78 is 29.9. The highest BCUT2D eigenvalue weighted by atomic mass is 16.6.